The number of likely N-dealkylation sites (N-methyl/N-ethyl adjacent to an activating group) is 1. The van der Waals surface area contributed by atoms with Gasteiger partial charge in [0.25, 0.3) is 5.91 Å². The molecular formula is C15H21ClIN3O. The molecule has 2 aromatic rings. The summed E-state index contributed by atoms with van der Waals surface area (Å²) < 4.78 is 1.17. The highest BCUT2D eigenvalue weighted by atomic mass is 127. The minimum atomic E-state index is -0.0386. The van der Waals surface area contributed by atoms with Crippen molar-refractivity contribution < 1.29 is 4.79 Å². The molecule has 0 aliphatic heterocycles. The van der Waals surface area contributed by atoms with Crippen molar-refractivity contribution in [2.45, 2.75) is 13.8 Å². The molecule has 0 aliphatic carbocycles. The number of H-pyrrole nitrogens is 1. The molecule has 116 valence electrons. The second-order valence-electron chi connectivity index (χ2n) is 4.70. The first kappa shape index (κ1) is 18.3. The van der Waals surface area contributed by atoms with Crippen LogP contribution in [-0.4, -0.2) is 42.0 Å². The minimum absolute atomic E-state index is 0. The molecule has 0 spiro atoms. The fourth-order valence-corrected chi connectivity index (χ4v) is 2.70. The number of benzene rings is 1. The van der Waals surface area contributed by atoms with Crippen LogP contribution in [0.2, 0.25) is 0 Å². The first-order chi connectivity index (χ1) is 9.63. The average Bonchev–Trinajstić information content (AvgIpc) is 2.86. The number of rotatable bonds is 6. The van der Waals surface area contributed by atoms with Gasteiger partial charge in [-0.25, -0.2) is 0 Å². The Labute approximate surface area is 145 Å². The summed E-state index contributed by atoms with van der Waals surface area (Å²) >= 11 is 2.27. The van der Waals surface area contributed by atoms with Crippen molar-refractivity contribution in [1.29, 1.82) is 0 Å². The normalized spacial score (nSPS) is 10.7. The van der Waals surface area contributed by atoms with Crippen LogP contribution in [0.4, 0.5) is 0 Å². The van der Waals surface area contributed by atoms with Crippen molar-refractivity contribution in [3.05, 3.63) is 33.5 Å². The predicted octanol–water partition coefficient (Wildman–Crippen LogP) is 3.27. The first-order valence-corrected chi connectivity index (χ1v) is 8.00. The van der Waals surface area contributed by atoms with Gasteiger partial charge in [-0.2, -0.15) is 0 Å². The maximum atomic E-state index is 12.1. The molecule has 0 saturated carbocycles. The highest BCUT2D eigenvalue weighted by Crippen LogP contribution is 2.18. The van der Waals surface area contributed by atoms with Crippen LogP contribution in [0, 0.1) is 3.57 Å². The molecule has 4 nitrogen and oxygen atoms in total. The van der Waals surface area contributed by atoms with Crippen molar-refractivity contribution in [2.24, 2.45) is 0 Å². The highest BCUT2D eigenvalue weighted by Gasteiger charge is 2.09. The lowest BCUT2D eigenvalue weighted by Gasteiger charge is -2.17. The van der Waals surface area contributed by atoms with E-state index >= 15 is 0 Å². The van der Waals surface area contributed by atoms with E-state index in [0.29, 0.717) is 12.2 Å². The molecule has 1 aromatic heterocycles. The van der Waals surface area contributed by atoms with Gasteiger partial charge in [-0.1, -0.05) is 13.8 Å². The Morgan fingerprint density at radius 1 is 1.29 bits per heavy atom. The van der Waals surface area contributed by atoms with Gasteiger partial charge in [0.15, 0.2) is 0 Å². The lowest BCUT2D eigenvalue weighted by Crippen LogP contribution is -2.34. The number of amides is 1. The van der Waals surface area contributed by atoms with Crippen LogP contribution < -0.4 is 5.32 Å². The molecule has 0 bridgehead atoms. The van der Waals surface area contributed by atoms with Crippen LogP contribution in [-0.2, 0) is 0 Å². The van der Waals surface area contributed by atoms with E-state index in [2.05, 4.69) is 57.7 Å². The Hall–Kier alpha value is -0.790. The molecule has 0 unspecified atom stereocenters. The number of fused-ring (bicyclic) bond motifs is 1. The van der Waals surface area contributed by atoms with Crippen LogP contribution in [0.15, 0.2) is 24.3 Å². The maximum Gasteiger partial charge on any atom is 0.267 e. The zero-order valence-corrected chi connectivity index (χ0v) is 15.3. The maximum absolute atomic E-state index is 12.1. The quantitative estimate of drug-likeness (QED) is 0.703. The summed E-state index contributed by atoms with van der Waals surface area (Å²) in [6.07, 6.45) is 0. The Morgan fingerprint density at radius 3 is 2.67 bits per heavy atom. The lowest BCUT2D eigenvalue weighted by atomic mass is 10.2. The predicted molar refractivity (Wildman–Crippen MR) is 98.4 cm³/mol. The zero-order valence-electron chi connectivity index (χ0n) is 12.3. The van der Waals surface area contributed by atoms with Crippen LogP contribution in [0.1, 0.15) is 24.3 Å². The third kappa shape index (κ3) is 4.86. The van der Waals surface area contributed by atoms with E-state index in [9.17, 15) is 4.79 Å². The molecule has 1 amide bonds. The summed E-state index contributed by atoms with van der Waals surface area (Å²) in [5, 5.41) is 4.03. The van der Waals surface area contributed by atoms with Crippen molar-refractivity contribution in [1.82, 2.24) is 15.2 Å². The van der Waals surface area contributed by atoms with Gasteiger partial charge in [-0.15, -0.1) is 12.4 Å². The van der Waals surface area contributed by atoms with Crippen LogP contribution in [0.3, 0.4) is 0 Å². The molecule has 6 heteroatoms. The number of carbonyl (C=O) groups excluding carboxylic acids is 1. The van der Waals surface area contributed by atoms with Gasteiger partial charge in [0.05, 0.1) is 0 Å². The summed E-state index contributed by atoms with van der Waals surface area (Å²) in [6, 6.07) is 8.01. The fourth-order valence-electron chi connectivity index (χ4n) is 2.19. The number of nitrogens with one attached hydrogen (secondary N) is 2. The number of carbonyl (C=O) groups is 1. The second kappa shape index (κ2) is 8.60. The molecule has 2 N–H and O–H groups in total. The Kier molecular flexibility index (Phi) is 7.48. The number of nitrogens with zero attached hydrogens (tertiary/aromatic N) is 1. The van der Waals surface area contributed by atoms with Gasteiger partial charge in [-0.05, 0) is 59.9 Å². The Bertz CT molecular complexity index is 596. The molecule has 0 fully saturated rings. The van der Waals surface area contributed by atoms with Gasteiger partial charge in [0, 0.05) is 27.6 Å². The number of aromatic amines is 1. The second-order valence-corrected chi connectivity index (χ2v) is 5.94. The van der Waals surface area contributed by atoms with Crippen molar-refractivity contribution in [3.63, 3.8) is 0 Å². The van der Waals surface area contributed by atoms with E-state index in [1.54, 1.807) is 0 Å². The highest BCUT2D eigenvalue weighted by molar-refractivity contribution is 14.1. The van der Waals surface area contributed by atoms with Gasteiger partial charge in [0.2, 0.25) is 0 Å². The third-order valence-electron chi connectivity index (χ3n) is 3.44. The topological polar surface area (TPSA) is 48.1 Å². The van der Waals surface area contributed by atoms with Gasteiger partial charge >= 0.3 is 0 Å². The molecule has 0 saturated heterocycles. The van der Waals surface area contributed by atoms with Crippen molar-refractivity contribution in [3.8, 4) is 0 Å². The molecule has 1 aromatic carbocycles. The van der Waals surface area contributed by atoms with E-state index in [4.69, 9.17) is 0 Å². The van der Waals surface area contributed by atoms with Crippen molar-refractivity contribution >= 4 is 51.8 Å². The molecule has 0 aliphatic rings. The standard InChI is InChI=1S/C15H20IN3O.ClH/c1-3-19(4-2)8-7-17-15(20)14-10-11-9-12(16)5-6-13(11)18-14;/h5-6,9-10,18H,3-4,7-8H2,1-2H3,(H,17,20);1H. The van der Waals surface area contributed by atoms with Gasteiger partial charge in [0.1, 0.15) is 5.69 Å². The summed E-state index contributed by atoms with van der Waals surface area (Å²) in [5.74, 6) is -0.0386. The van der Waals surface area contributed by atoms with Crippen LogP contribution >= 0.6 is 35.0 Å². The molecule has 1 heterocycles. The number of hydrogen-bond donors (Lipinski definition) is 2. The van der Waals surface area contributed by atoms with Crippen LogP contribution in [0.25, 0.3) is 10.9 Å². The average molecular weight is 422 g/mol. The van der Waals surface area contributed by atoms with Crippen molar-refractivity contribution in [2.75, 3.05) is 26.2 Å². The SMILES string of the molecule is CCN(CC)CCNC(=O)c1cc2cc(I)ccc2[nH]1.Cl. The monoisotopic (exact) mass is 421 g/mol. The minimum Gasteiger partial charge on any atom is -0.351 e. The molecule has 2 rings (SSSR count). The summed E-state index contributed by atoms with van der Waals surface area (Å²) in [4.78, 5) is 17.5. The number of aromatic nitrogens is 1. The molecule has 0 radical (unpaired) electrons. The largest absolute Gasteiger partial charge is 0.351 e. The van der Waals surface area contributed by atoms with E-state index in [1.165, 1.54) is 3.57 Å². The first-order valence-electron chi connectivity index (χ1n) is 6.92. The van der Waals surface area contributed by atoms with Gasteiger partial charge in [-0.3, -0.25) is 4.79 Å². The summed E-state index contributed by atoms with van der Waals surface area (Å²) in [6.45, 7) is 7.84. The van der Waals surface area contributed by atoms with Gasteiger partial charge < -0.3 is 15.2 Å². The van der Waals surface area contributed by atoms with E-state index < -0.39 is 0 Å². The smallest absolute Gasteiger partial charge is 0.267 e. The third-order valence-corrected chi connectivity index (χ3v) is 4.11. The van der Waals surface area contributed by atoms with E-state index in [1.807, 2.05) is 18.2 Å². The number of hydrogen-bond acceptors (Lipinski definition) is 2. The van der Waals surface area contributed by atoms with E-state index in [-0.39, 0.29) is 18.3 Å². The Morgan fingerprint density at radius 2 is 2.00 bits per heavy atom. The summed E-state index contributed by atoms with van der Waals surface area (Å²) in [7, 11) is 0. The molecule has 0 atom stereocenters. The Balaban J connectivity index is 0.00000220. The lowest BCUT2D eigenvalue weighted by molar-refractivity contribution is 0.0945. The molecular weight excluding hydrogens is 401 g/mol. The molecule has 21 heavy (non-hydrogen) atoms. The van der Waals surface area contributed by atoms with Crippen LogP contribution in [0.5, 0.6) is 0 Å². The zero-order chi connectivity index (χ0) is 14.5. The number of halogens is 2. The summed E-state index contributed by atoms with van der Waals surface area (Å²) in [5.41, 5.74) is 1.63. The van der Waals surface area contributed by atoms with E-state index in [0.717, 1.165) is 30.5 Å². The fraction of sp³-hybridized carbons (Fsp3) is 0.400.